The van der Waals surface area contributed by atoms with Crippen LogP contribution in [0.5, 0.6) is 0 Å². The van der Waals surface area contributed by atoms with Gasteiger partial charge in [0.15, 0.2) is 0 Å². The number of anilines is 1. The summed E-state index contributed by atoms with van der Waals surface area (Å²) in [7, 11) is 2.09. The number of hydrogen-bond donors (Lipinski definition) is 1. The molecule has 4 heteroatoms. The minimum absolute atomic E-state index is 0.690. The van der Waals surface area contributed by atoms with E-state index in [1.807, 2.05) is 25.1 Å². The molecule has 1 aliphatic rings. The Hall–Kier alpha value is -1.45. The Morgan fingerprint density at radius 2 is 2.10 bits per heavy atom. The molecule has 1 N–H and O–H groups in total. The average molecular weight is 305 g/mol. The van der Waals surface area contributed by atoms with Crippen LogP contribution in [-0.4, -0.2) is 13.1 Å². The zero-order valence-corrected chi connectivity index (χ0v) is 13.3. The van der Waals surface area contributed by atoms with Crippen molar-refractivity contribution in [3.8, 4) is 0 Å². The van der Waals surface area contributed by atoms with Crippen molar-refractivity contribution >= 4 is 17.3 Å². The van der Waals surface area contributed by atoms with Crippen LogP contribution < -0.4 is 10.2 Å². The maximum atomic E-state index is 6.15. The number of halogens is 1. The first kappa shape index (κ1) is 14.5. The molecule has 0 bridgehead atoms. The van der Waals surface area contributed by atoms with Crippen molar-refractivity contribution in [3.05, 3.63) is 52.4 Å². The lowest BCUT2D eigenvalue weighted by Crippen LogP contribution is -2.21. The number of rotatable bonds is 6. The predicted molar refractivity (Wildman–Crippen MR) is 86.9 cm³/mol. The van der Waals surface area contributed by atoms with Crippen LogP contribution in [0.25, 0.3) is 0 Å². The van der Waals surface area contributed by atoms with Crippen LogP contribution >= 0.6 is 11.6 Å². The fourth-order valence-corrected chi connectivity index (χ4v) is 2.69. The molecule has 0 radical (unpaired) electrons. The van der Waals surface area contributed by atoms with Crippen molar-refractivity contribution in [2.24, 2.45) is 0 Å². The van der Waals surface area contributed by atoms with Gasteiger partial charge in [-0.25, -0.2) is 0 Å². The van der Waals surface area contributed by atoms with E-state index < -0.39 is 0 Å². The Morgan fingerprint density at radius 1 is 1.29 bits per heavy atom. The number of nitrogens with zero attached hydrogens (tertiary/aromatic N) is 1. The van der Waals surface area contributed by atoms with Crippen molar-refractivity contribution in [1.29, 1.82) is 0 Å². The van der Waals surface area contributed by atoms with Crippen molar-refractivity contribution in [2.45, 2.75) is 38.9 Å². The predicted octanol–water partition coefficient (Wildman–Crippen LogP) is 4.13. The van der Waals surface area contributed by atoms with Crippen molar-refractivity contribution in [1.82, 2.24) is 5.32 Å². The number of aryl methyl sites for hydroxylation is 1. The SMILES string of the molecule is Cc1ccc(CN(C)c2ccc(Cl)cc2CNC2CC2)o1. The van der Waals surface area contributed by atoms with Crippen LogP contribution in [0.3, 0.4) is 0 Å². The van der Waals surface area contributed by atoms with Gasteiger partial charge in [0, 0.05) is 30.3 Å². The van der Waals surface area contributed by atoms with Crippen LogP contribution in [0.15, 0.2) is 34.7 Å². The number of furan rings is 1. The molecule has 1 aliphatic carbocycles. The number of nitrogens with one attached hydrogen (secondary N) is 1. The van der Waals surface area contributed by atoms with Gasteiger partial charge in [-0.3, -0.25) is 0 Å². The molecule has 0 spiro atoms. The normalized spacial score (nSPS) is 14.4. The molecule has 0 aliphatic heterocycles. The third-order valence-electron chi connectivity index (χ3n) is 3.80. The Labute approximate surface area is 130 Å². The van der Waals surface area contributed by atoms with E-state index in [0.717, 1.165) is 29.6 Å². The van der Waals surface area contributed by atoms with Crippen molar-refractivity contribution in [3.63, 3.8) is 0 Å². The summed E-state index contributed by atoms with van der Waals surface area (Å²) < 4.78 is 5.66. The molecule has 112 valence electrons. The summed E-state index contributed by atoms with van der Waals surface area (Å²) in [6.45, 7) is 3.59. The second kappa shape index (κ2) is 6.12. The highest BCUT2D eigenvalue weighted by Crippen LogP contribution is 2.27. The van der Waals surface area contributed by atoms with Crippen LogP contribution in [0.2, 0.25) is 5.02 Å². The zero-order valence-electron chi connectivity index (χ0n) is 12.5. The van der Waals surface area contributed by atoms with E-state index in [1.165, 1.54) is 24.1 Å². The van der Waals surface area contributed by atoms with Gasteiger partial charge in [-0.15, -0.1) is 0 Å². The van der Waals surface area contributed by atoms with E-state index in [-0.39, 0.29) is 0 Å². The maximum Gasteiger partial charge on any atom is 0.123 e. The summed E-state index contributed by atoms with van der Waals surface area (Å²) in [5.74, 6) is 1.93. The molecule has 3 nitrogen and oxygen atoms in total. The minimum Gasteiger partial charge on any atom is -0.464 e. The molecular formula is C17H21ClN2O. The lowest BCUT2D eigenvalue weighted by Gasteiger charge is -2.22. The third kappa shape index (κ3) is 3.80. The van der Waals surface area contributed by atoms with E-state index in [9.17, 15) is 0 Å². The van der Waals surface area contributed by atoms with Gasteiger partial charge in [0.2, 0.25) is 0 Å². The van der Waals surface area contributed by atoms with Gasteiger partial charge in [-0.2, -0.15) is 0 Å². The van der Waals surface area contributed by atoms with E-state index in [2.05, 4.69) is 29.4 Å². The van der Waals surface area contributed by atoms with E-state index in [4.69, 9.17) is 16.0 Å². The van der Waals surface area contributed by atoms with Crippen LogP contribution in [0.1, 0.15) is 29.9 Å². The smallest absolute Gasteiger partial charge is 0.123 e. The second-order valence-corrected chi connectivity index (χ2v) is 6.23. The average Bonchev–Trinajstić information content (AvgIpc) is 3.19. The fraction of sp³-hybridized carbons (Fsp3) is 0.412. The first-order valence-electron chi connectivity index (χ1n) is 7.40. The lowest BCUT2D eigenvalue weighted by molar-refractivity contribution is 0.481. The van der Waals surface area contributed by atoms with Crippen LogP contribution in [-0.2, 0) is 13.1 Å². The van der Waals surface area contributed by atoms with Gasteiger partial charge in [0.1, 0.15) is 11.5 Å². The lowest BCUT2D eigenvalue weighted by atomic mass is 10.1. The molecule has 1 aromatic carbocycles. The quantitative estimate of drug-likeness (QED) is 0.870. The second-order valence-electron chi connectivity index (χ2n) is 5.80. The first-order valence-corrected chi connectivity index (χ1v) is 7.78. The van der Waals surface area contributed by atoms with E-state index in [1.54, 1.807) is 0 Å². The Morgan fingerprint density at radius 3 is 2.76 bits per heavy atom. The highest BCUT2D eigenvalue weighted by molar-refractivity contribution is 6.30. The van der Waals surface area contributed by atoms with Gasteiger partial charge in [0.25, 0.3) is 0 Å². The topological polar surface area (TPSA) is 28.4 Å². The maximum absolute atomic E-state index is 6.15. The van der Waals surface area contributed by atoms with Gasteiger partial charge >= 0.3 is 0 Å². The molecule has 1 heterocycles. The summed E-state index contributed by atoms with van der Waals surface area (Å²) in [5, 5.41) is 4.34. The van der Waals surface area contributed by atoms with Gasteiger partial charge in [-0.1, -0.05) is 11.6 Å². The molecule has 1 fully saturated rings. The molecule has 2 aromatic rings. The Kier molecular flexibility index (Phi) is 4.22. The minimum atomic E-state index is 0.690. The molecule has 0 unspecified atom stereocenters. The first-order chi connectivity index (χ1) is 10.1. The molecule has 0 atom stereocenters. The summed E-state index contributed by atoms with van der Waals surface area (Å²) in [5.41, 5.74) is 2.43. The fourth-order valence-electron chi connectivity index (χ4n) is 2.50. The van der Waals surface area contributed by atoms with Crippen molar-refractivity contribution < 1.29 is 4.42 Å². The zero-order chi connectivity index (χ0) is 14.8. The highest BCUT2D eigenvalue weighted by atomic mass is 35.5. The molecule has 0 amide bonds. The molecule has 21 heavy (non-hydrogen) atoms. The summed E-state index contributed by atoms with van der Waals surface area (Å²) in [6.07, 6.45) is 2.58. The van der Waals surface area contributed by atoms with Crippen molar-refractivity contribution in [2.75, 3.05) is 11.9 Å². The Balaban J connectivity index is 1.75. The third-order valence-corrected chi connectivity index (χ3v) is 4.04. The number of benzene rings is 1. The molecule has 1 aromatic heterocycles. The number of hydrogen-bond acceptors (Lipinski definition) is 3. The standard InChI is InChI=1S/C17H21ClN2O/c1-12-3-7-16(21-12)11-20(2)17-8-4-14(18)9-13(17)10-19-15-5-6-15/h3-4,7-9,15,19H,5-6,10-11H2,1-2H3. The highest BCUT2D eigenvalue weighted by Gasteiger charge is 2.21. The van der Waals surface area contributed by atoms with E-state index in [0.29, 0.717) is 6.04 Å². The molecular weight excluding hydrogens is 284 g/mol. The van der Waals surface area contributed by atoms with E-state index >= 15 is 0 Å². The van der Waals surface area contributed by atoms with Crippen LogP contribution in [0, 0.1) is 6.92 Å². The molecule has 0 saturated heterocycles. The monoisotopic (exact) mass is 304 g/mol. The summed E-state index contributed by atoms with van der Waals surface area (Å²) >= 11 is 6.15. The van der Waals surface area contributed by atoms with Gasteiger partial charge < -0.3 is 14.6 Å². The van der Waals surface area contributed by atoms with Gasteiger partial charge in [-0.05, 0) is 55.7 Å². The summed E-state index contributed by atoms with van der Waals surface area (Å²) in [4.78, 5) is 2.21. The Bertz CT molecular complexity index is 619. The summed E-state index contributed by atoms with van der Waals surface area (Å²) in [6, 6.07) is 10.8. The largest absolute Gasteiger partial charge is 0.464 e. The molecule has 1 saturated carbocycles. The van der Waals surface area contributed by atoms with Gasteiger partial charge in [0.05, 0.1) is 6.54 Å². The van der Waals surface area contributed by atoms with Crippen LogP contribution in [0.4, 0.5) is 5.69 Å². The molecule has 3 rings (SSSR count).